The van der Waals surface area contributed by atoms with Crippen molar-refractivity contribution in [3.05, 3.63) is 83.8 Å². The first-order chi connectivity index (χ1) is 16.0. The van der Waals surface area contributed by atoms with E-state index in [1.807, 2.05) is 4.90 Å². The molecule has 0 spiro atoms. The fraction of sp³-hybridized carbons (Fsp3) is 0.174. The number of carbonyl (C=O) groups excluding carboxylic acids is 1. The maximum Gasteiger partial charge on any atom is 0.324 e. The van der Waals surface area contributed by atoms with Crippen molar-refractivity contribution in [2.24, 2.45) is 0 Å². The second kappa shape index (κ2) is 8.45. The number of benzene rings is 2. The van der Waals surface area contributed by atoms with Gasteiger partial charge in [-0.2, -0.15) is 4.52 Å². The molecular formula is C23H19F3N6O. The summed E-state index contributed by atoms with van der Waals surface area (Å²) in [4.78, 5) is 18.5. The third-order valence-electron chi connectivity index (χ3n) is 5.56. The van der Waals surface area contributed by atoms with Crippen LogP contribution in [0.25, 0.3) is 5.65 Å². The second-order valence-corrected chi connectivity index (χ2v) is 7.71. The fourth-order valence-electron chi connectivity index (χ4n) is 4.05. The van der Waals surface area contributed by atoms with Crippen LogP contribution in [0.3, 0.4) is 0 Å². The molecule has 10 heteroatoms. The summed E-state index contributed by atoms with van der Waals surface area (Å²) >= 11 is 0. The number of rotatable bonds is 4. The molecule has 0 radical (unpaired) electrons. The summed E-state index contributed by atoms with van der Waals surface area (Å²) in [5.74, 6) is -0.489. The number of imidazole rings is 1. The summed E-state index contributed by atoms with van der Waals surface area (Å²) in [5, 5.41) is 9.87. The lowest BCUT2D eigenvalue weighted by atomic mass is 10.0. The van der Waals surface area contributed by atoms with Crippen LogP contribution in [0.5, 0.6) is 0 Å². The smallest absolute Gasteiger partial charge is 0.324 e. The van der Waals surface area contributed by atoms with Crippen LogP contribution in [-0.2, 0) is 0 Å². The fourth-order valence-corrected chi connectivity index (χ4v) is 4.05. The number of urea groups is 1. The predicted molar refractivity (Wildman–Crippen MR) is 118 cm³/mol. The van der Waals surface area contributed by atoms with E-state index in [1.165, 1.54) is 41.0 Å². The Balaban J connectivity index is 1.40. The van der Waals surface area contributed by atoms with Crippen LogP contribution in [0.2, 0.25) is 0 Å². The largest absolute Gasteiger partial charge is 0.348 e. The number of fused-ring (bicyclic) bond motifs is 1. The summed E-state index contributed by atoms with van der Waals surface area (Å²) in [5.41, 5.74) is 1.22. The quantitative estimate of drug-likeness (QED) is 0.450. The average molecular weight is 452 g/mol. The Hall–Kier alpha value is -4.08. The molecule has 2 aromatic heterocycles. The van der Waals surface area contributed by atoms with E-state index in [2.05, 4.69) is 20.7 Å². The van der Waals surface area contributed by atoms with E-state index < -0.39 is 23.5 Å². The zero-order valence-electron chi connectivity index (χ0n) is 17.3. The lowest BCUT2D eigenvalue weighted by Gasteiger charge is -2.26. The van der Waals surface area contributed by atoms with E-state index >= 15 is 0 Å². The molecule has 4 aromatic rings. The van der Waals surface area contributed by atoms with E-state index in [4.69, 9.17) is 0 Å². The van der Waals surface area contributed by atoms with E-state index in [1.54, 1.807) is 12.1 Å². The van der Waals surface area contributed by atoms with Gasteiger partial charge in [-0.25, -0.2) is 22.9 Å². The lowest BCUT2D eigenvalue weighted by Crippen LogP contribution is -2.25. The number of amides is 2. The van der Waals surface area contributed by atoms with Crippen molar-refractivity contribution in [3.63, 3.8) is 0 Å². The van der Waals surface area contributed by atoms with Crippen LogP contribution in [0, 0.1) is 17.5 Å². The first-order valence-electron chi connectivity index (χ1n) is 10.4. The van der Waals surface area contributed by atoms with Crippen molar-refractivity contribution in [1.29, 1.82) is 0 Å². The SMILES string of the molecule is O=C(Nc1ccc(F)cc1)Nc1cnc2ccc(N3CCCC3c3cc(F)ccc3F)nn12. The summed E-state index contributed by atoms with van der Waals surface area (Å²) in [6, 6.07) is 11.4. The van der Waals surface area contributed by atoms with E-state index in [-0.39, 0.29) is 11.6 Å². The Morgan fingerprint density at radius 3 is 2.58 bits per heavy atom. The molecule has 1 atom stereocenters. The second-order valence-electron chi connectivity index (χ2n) is 7.71. The number of hydrogen-bond acceptors (Lipinski definition) is 4. The first-order valence-corrected chi connectivity index (χ1v) is 10.4. The topological polar surface area (TPSA) is 74.6 Å². The number of nitrogens with one attached hydrogen (secondary N) is 2. The van der Waals surface area contributed by atoms with Crippen LogP contribution >= 0.6 is 0 Å². The number of anilines is 3. The maximum absolute atomic E-state index is 14.4. The van der Waals surface area contributed by atoms with Gasteiger partial charge in [-0.15, -0.1) is 5.10 Å². The van der Waals surface area contributed by atoms with Crippen LogP contribution in [0.15, 0.2) is 60.8 Å². The van der Waals surface area contributed by atoms with Crippen LogP contribution in [0.4, 0.5) is 35.3 Å². The predicted octanol–water partition coefficient (Wildman–Crippen LogP) is 5.13. The number of nitrogens with zero attached hydrogens (tertiary/aromatic N) is 4. The first kappa shape index (κ1) is 20.8. The van der Waals surface area contributed by atoms with Crippen LogP contribution in [0.1, 0.15) is 24.4 Å². The molecule has 33 heavy (non-hydrogen) atoms. The van der Waals surface area contributed by atoms with E-state index in [0.29, 0.717) is 35.9 Å². The molecule has 3 heterocycles. The Labute approximate surface area is 186 Å². The van der Waals surface area contributed by atoms with Gasteiger partial charge in [-0.1, -0.05) is 0 Å². The van der Waals surface area contributed by atoms with Crippen molar-refractivity contribution in [1.82, 2.24) is 14.6 Å². The zero-order valence-corrected chi connectivity index (χ0v) is 17.3. The lowest BCUT2D eigenvalue weighted by molar-refractivity contribution is 0.262. The molecule has 1 aliphatic rings. The van der Waals surface area contributed by atoms with Gasteiger partial charge >= 0.3 is 6.03 Å². The minimum atomic E-state index is -0.545. The Morgan fingerprint density at radius 1 is 0.970 bits per heavy atom. The van der Waals surface area contributed by atoms with Gasteiger partial charge in [0, 0.05) is 17.8 Å². The van der Waals surface area contributed by atoms with Gasteiger partial charge in [-0.3, -0.25) is 5.32 Å². The van der Waals surface area contributed by atoms with Crippen molar-refractivity contribution in [2.75, 3.05) is 22.1 Å². The number of halogens is 3. The van der Waals surface area contributed by atoms with Crippen LogP contribution in [-0.4, -0.2) is 27.2 Å². The van der Waals surface area contributed by atoms with E-state index in [0.717, 1.165) is 18.6 Å². The molecule has 1 aliphatic heterocycles. The summed E-state index contributed by atoms with van der Waals surface area (Å²) in [7, 11) is 0. The van der Waals surface area contributed by atoms with Crippen molar-refractivity contribution < 1.29 is 18.0 Å². The standard InChI is InChI=1S/C23H19F3N6O/c24-14-3-6-16(7-4-14)28-23(33)29-22-13-27-20-9-10-21(30-32(20)22)31-11-1-2-19(31)17-12-15(25)5-8-18(17)26/h3-10,12-13,19H,1-2,11H2,(H2,28,29,33). The summed E-state index contributed by atoms with van der Waals surface area (Å²) in [6.45, 7) is 0.627. The molecule has 0 bridgehead atoms. The maximum atomic E-state index is 14.4. The molecule has 0 aliphatic carbocycles. The van der Waals surface area contributed by atoms with Crippen LogP contribution < -0.4 is 15.5 Å². The highest BCUT2D eigenvalue weighted by Gasteiger charge is 2.30. The molecular weight excluding hydrogens is 433 g/mol. The number of hydrogen-bond donors (Lipinski definition) is 2. The monoisotopic (exact) mass is 452 g/mol. The molecule has 1 fully saturated rings. The minimum absolute atomic E-state index is 0.289. The average Bonchev–Trinajstić information content (AvgIpc) is 3.44. The van der Waals surface area contributed by atoms with Gasteiger partial charge in [0.1, 0.15) is 23.3 Å². The number of carbonyl (C=O) groups is 1. The third kappa shape index (κ3) is 4.19. The molecule has 2 aromatic carbocycles. The van der Waals surface area contributed by atoms with Gasteiger partial charge in [-0.05, 0) is 67.4 Å². The molecule has 2 N–H and O–H groups in total. The highest BCUT2D eigenvalue weighted by atomic mass is 19.1. The molecule has 7 nitrogen and oxygen atoms in total. The molecule has 5 rings (SSSR count). The van der Waals surface area contributed by atoms with Gasteiger partial charge in [0.2, 0.25) is 0 Å². The molecule has 1 unspecified atom stereocenters. The third-order valence-corrected chi connectivity index (χ3v) is 5.56. The van der Waals surface area contributed by atoms with Gasteiger partial charge in [0.15, 0.2) is 11.5 Å². The summed E-state index contributed by atoms with van der Waals surface area (Å²) < 4.78 is 42.7. The minimum Gasteiger partial charge on any atom is -0.348 e. The molecule has 2 amide bonds. The molecule has 1 saturated heterocycles. The van der Waals surface area contributed by atoms with Crippen molar-refractivity contribution >= 4 is 29.0 Å². The Kier molecular flexibility index (Phi) is 5.33. The Morgan fingerprint density at radius 2 is 1.76 bits per heavy atom. The Bertz CT molecular complexity index is 1320. The van der Waals surface area contributed by atoms with Crippen molar-refractivity contribution in [2.45, 2.75) is 18.9 Å². The normalized spacial score (nSPS) is 15.7. The molecule has 0 saturated carbocycles. The van der Waals surface area contributed by atoms with Gasteiger partial charge in [0.25, 0.3) is 0 Å². The van der Waals surface area contributed by atoms with Crippen molar-refractivity contribution in [3.8, 4) is 0 Å². The zero-order chi connectivity index (χ0) is 22.9. The summed E-state index contributed by atoms with van der Waals surface area (Å²) in [6.07, 6.45) is 2.93. The van der Waals surface area contributed by atoms with E-state index in [9.17, 15) is 18.0 Å². The highest BCUT2D eigenvalue weighted by molar-refractivity contribution is 5.99. The van der Waals surface area contributed by atoms with Gasteiger partial charge < -0.3 is 10.2 Å². The van der Waals surface area contributed by atoms with Gasteiger partial charge in [0.05, 0.1) is 12.2 Å². The molecule has 168 valence electrons. The highest BCUT2D eigenvalue weighted by Crippen LogP contribution is 2.36. The number of aromatic nitrogens is 3.